The molecule has 0 N–H and O–H groups in total. The van der Waals surface area contributed by atoms with Gasteiger partial charge in [0, 0.05) is 11.6 Å². The number of hydrogen-bond acceptors (Lipinski definition) is 6. The van der Waals surface area contributed by atoms with Gasteiger partial charge >= 0.3 is 11.9 Å². The van der Waals surface area contributed by atoms with Crippen molar-refractivity contribution in [1.82, 2.24) is 4.98 Å². The summed E-state index contributed by atoms with van der Waals surface area (Å²) >= 11 is 0. The quantitative estimate of drug-likeness (QED) is 0.465. The zero-order valence-corrected chi connectivity index (χ0v) is 13.1. The molecule has 2 rings (SSSR count). The molecule has 0 bridgehead atoms. The van der Waals surface area contributed by atoms with Crippen molar-refractivity contribution in [2.75, 3.05) is 13.2 Å². The summed E-state index contributed by atoms with van der Waals surface area (Å²) in [7, 11) is 0. The van der Waals surface area contributed by atoms with Crippen LogP contribution in [0.15, 0.2) is 41.4 Å². The minimum absolute atomic E-state index is 0.177. The number of fused-ring (bicyclic) bond motifs is 1. The van der Waals surface area contributed by atoms with Crippen LogP contribution in [0.2, 0.25) is 0 Å². The number of rotatable bonds is 6. The third-order valence-electron chi connectivity index (χ3n) is 3.02. The maximum Gasteiger partial charge on any atom is 0.325 e. The van der Waals surface area contributed by atoms with E-state index >= 15 is 0 Å². The normalized spacial score (nSPS) is 11.1. The van der Waals surface area contributed by atoms with E-state index in [-0.39, 0.29) is 13.2 Å². The van der Waals surface area contributed by atoms with E-state index < -0.39 is 17.9 Å². The van der Waals surface area contributed by atoms with E-state index in [1.165, 1.54) is 6.21 Å². The summed E-state index contributed by atoms with van der Waals surface area (Å²) in [5, 5.41) is 0.985. The Labute approximate surface area is 134 Å². The van der Waals surface area contributed by atoms with Gasteiger partial charge in [-0.2, -0.15) is 0 Å². The van der Waals surface area contributed by atoms with E-state index in [1.54, 1.807) is 19.9 Å². The summed E-state index contributed by atoms with van der Waals surface area (Å²) < 4.78 is 9.76. The Bertz CT molecular complexity index is 709. The third-order valence-corrected chi connectivity index (χ3v) is 3.02. The van der Waals surface area contributed by atoms with Crippen LogP contribution in [0.5, 0.6) is 0 Å². The molecule has 0 spiro atoms. The summed E-state index contributed by atoms with van der Waals surface area (Å²) in [6.07, 6.45) is 1.22. The maximum absolute atomic E-state index is 11.9. The average molecular weight is 314 g/mol. The van der Waals surface area contributed by atoms with Gasteiger partial charge in [0.1, 0.15) is 0 Å². The smallest absolute Gasteiger partial charge is 0.325 e. The third kappa shape index (κ3) is 4.35. The molecule has 120 valence electrons. The lowest BCUT2D eigenvalue weighted by Gasteiger charge is -2.09. The van der Waals surface area contributed by atoms with Crippen LogP contribution in [-0.2, 0) is 19.1 Å². The molecule has 1 heterocycles. The number of hydrogen-bond donors (Lipinski definition) is 0. The fourth-order valence-corrected chi connectivity index (χ4v) is 1.96. The van der Waals surface area contributed by atoms with Crippen LogP contribution in [0.1, 0.15) is 13.8 Å². The summed E-state index contributed by atoms with van der Waals surface area (Å²) in [6.45, 7) is 3.69. The van der Waals surface area contributed by atoms with Crippen LogP contribution in [0.3, 0.4) is 0 Å². The SMILES string of the molecule is CCOC(=O)C(C=Nc1ccc2ccccc2n1)C(=O)OCC. The number of benzene rings is 1. The molecule has 1 aromatic carbocycles. The molecule has 0 amide bonds. The van der Waals surface area contributed by atoms with Crippen molar-refractivity contribution in [2.24, 2.45) is 10.9 Å². The molecule has 6 nitrogen and oxygen atoms in total. The number of ether oxygens (including phenoxy) is 2. The van der Waals surface area contributed by atoms with Gasteiger partial charge in [0.2, 0.25) is 0 Å². The standard InChI is InChI=1S/C17H18N2O4/c1-3-22-16(20)13(17(21)23-4-2)11-18-15-10-9-12-7-5-6-8-14(12)19-15/h5-11,13H,3-4H2,1-2H3. The molecule has 23 heavy (non-hydrogen) atoms. The van der Waals surface area contributed by atoms with E-state index in [1.807, 2.05) is 30.3 Å². The highest BCUT2D eigenvalue weighted by Gasteiger charge is 2.27. The van der Waals surface area contributed by atoms with Crippen LogP contribution < -0.4 is 0 Å². The lowest BCUT2D eigenvalue weighted by atomic mass is 10.2. The minimum atomic E-state index is -1.19. The molecule has 0 aliphatic rings. The Hall–Kier alpha value is -2.76. The number of nitrogens with zero attached hydrogens (tertiary/aromatic N) is 2. The van der Waals surface area contributed by atoms with Crippen LogP contribution >= 0.6 is 0 Å². The van der Waals surface area contributed by atoms with Gasteiger partial charge in [-0.15, -0.1) is 0 Å². The fourth-order valence-electron chi connectivity index (χ4n) is 1.96. The highest BCUT2D eigenvalue weighted by molar-refractivity contribution is 6.09. The molecule has 0 saturated carbocycles. The Morgan fingerprint density at radius 3 is 2.39 bits per heavy atom. The van der Waals surface area contributed by atoms with Crippen LogP contribution in [0, 0.1) is 5.92 Å². The highest BCUT2D eigenvalue weighted by atomic mass is 16.6. The number of esters is 2. The molecule has 1 aromatic heterocycles. The number of para-hydroxylation sites is 1. The first-order valence-corrected chi connectivity index (χ1v) is 7.39. The van der Waals surface area contributed by atoms with Crippen molar-refractivity contribution < 1.29 is 19.1 Å². The Morgan fingerprint density at radius 2 is 1.74 bits per heavy atom. The topological polar surface area (TPSA) is 77.9 Å². The fraction of sp³-hybridized carbons (Fsp3) is 0.294. The molecule has 0 fully saturated rings. The second-order valence-corrected chi connectivity index (χ2v) is 4.62. The Kier molecular flexibility index (Phi) is 5.80. The van der Waals surface area contributed by atoms with Gasteiger partial charge in [-0.3, -0.25) is 9.59 Å². The summed E-state index contributed by atoms with van der Waals surface area (Å²) in [6, 6.07) is 11.2. The van der Waals surface area contributed by atoms with E-state index in [0.29, 0.717) is 5.82 Å². The second kappa shape index (κ2) is 8.03. The zero-order chi connectivity index (χ0) is 16.7. The molecule has 2 aromatic rings. The van der Waals surface area contributed by atoms with Gasteiger partial charge in [-0.1, -0.05) is 18.2 Å². The van der Waals surface area contributed by atoms with Gasteiger partial charge in [0.25, 0.3) is 0 Å². The second-order valence-electron chi connectivity index (χ2n) is 4.62. The lowest BCUT2D eigenvalue weighted by Crippen LogP contribution is -2.29. The van der Waals surface area contributed by atoms with Crippen molar-refractivity contribution in [1.29, 1.82) is 0 Å². The molecule has 6 heteroatoms. The predicted octanol–water partition coefficient (Wildman–Crippen LogP) is 2.68. The van der Waals surface area contributed by atoms with Crippen LogP contribution in [-0.4, -0.2) is 36.4 Å². The first kappa shape index (κ1) is 16.6. The van der Waals surface area contributed by atoms with E-state index in [2.05, 4.69) is 9.98 Å². The number of aromatic nitrogens is 1. The molecule has 0 aliphatic heterocycles. The molecule has 0 saturated heterocycles. The summed E-state index contributed by atoms with van der Waals surface area (Å²) in [4.78, 5) is 32.2. The molecule has 0 aliphatic carbocycles. The highest BCUT2D eigenvalue weighted by Crippen LogP contribution is 2.16. The summed E-state index contributed by atoms with van der Waals surface area (Å²) in [5.74, 6) is -2.16. The van der Waals surface area contributed by atoms with Crippen molar-refractivity contribution in [3.63, 3.8) is 0 Å². The number of pyridine rings is 1. The Morgan fingerprint density at radius 1 is 1.09 bits per heavy atom. The van der Waals surface area contributed by atoms with Gasteiger partial charge in [0.05, 0.1) is 18.7 Å². The summed E-state index contributed by atoms with van der Waals surface area (Å²) in [5.41, 5.74) is 0.783. The molecule has 0 radical (unpaired) electrons. The van der Waals surface area contributed by atoms with Gasteiger partial charge < -0.3 is 9.47 Å². The maximum atomic E-state index is 11.9. The zero-order valence-electron chi connectivity index (χ0n) is 13.1. The lowest BCUT2D eigenvalue weighted by molar-refractivity contribution is -0.157. The molecular weight excluding hydrogens is 296 g/mol. The minimum Gasteiger partial charge on any atom is -0.465 e. The van der Waals surface area contributed by atoms with Crippen molar-refractivity contribution in [3.8, 4) is 0 Å². The number of carbonyl (C=O) groups excluding carboxylic acids is 2. The first-order chi connectivity index (χ1) is 11.2. The van der Waals surface area contributed by atoms with E-state index in [4.69, 9.17) is 9.47 Å². The van der Waals surface area contributed by atoms with Crippen LogP contribution in [0.4, 0.5) is 5.82 Å². The average Bonchev–Trinajstić information content (AvgIpc) is 2.55. The van der Waals surface area contributed by atoms with E-state index in [9.17, 15) is 9.59 Å². The monoisotopic (exact) mass is 314 g/mol. The Balaban J connectivity index is 2.23. The van der Waals surface area contributed by atoms with Gasteiger partial charge in [0.15, 0.2) is 11.7 Å². The van der Waals surface area contributed by atoms with Gasteiger partial charge in [-0.25, -0.2) is 9.98 Å². The van der Waals surface area contributed by atoms with Crippen molar-refractivity contribution in [3.05, 3.63) is 36.4 Å². The molecular formula is C17H18N2O4. The predicted molar refractivity (Wildman–Crippen MR) is 86.7 cm³/mol. The molecule has 0 atom stereocenters. The largest absolute Gasteiger partial charge is 0.465 e. The number of carbonyl (C=O) groups is 2. The first-order valence-electron chi connectivity index (χ1n) is 7.39. The number of aliphatic imine (C=N–C) groups is 1. The van der Waals surface area contributed by atoms with Crippen LogP contribution in [0.25, 0.3) is 10.9 Å². The molecule has 0 unspecified atom stereocenters. The van der Waals surface area contributed by atoms with E-state index in [0.717, 1.165) is 10.9 Å². The van der Waals surface area contributed by atoms with Crippen molar-refractivity contribution in [2.45, 2.75) is 13.8 Å². The van der Waals surface area contributed by atoms with Crippen molar-refractivity contribution >= 4 is 34.9 Å². The van der Waals surface area contributed by atoms with Gasteiger partial charge in [-0.05, 0) is 32.0 Å².